The summed E-state index contributed by atoms with van der Waals surface area (Å²) in [5, 5.41) is 0. The maximum atomic E-state index is 4.01. The quantitative estimate of drug-likeness (QED) is 0.288. The molecule has 0 nitrogen and oxygen atoms in total. The topological polar surface area (TPSA) is 0 Å². The van der Waals surface area contributed by atoms with E-state index in [9.17, 15) is 0 Å². The van der Waals surface area contributed by atoms with E-state index in [1.165, 1.54) is 28.7 Å². The van der Waals surface area contributed by atoms with Gasteiger partial charge in [-0.3, -0.25) is 0 Å². The van der Waals surface area contributed by atoms with E-state index >= 15 is 0 Å². The molecule has 2 aliphatic carbocycles. The van der Waals surface area contributed by atoms with Gasteiger partial charge in [0.15, 0.2) is 0 Å². The predicted molar refractivity (Wildman–Crippen MR) is 144 cm³/mol. The van der Waals surface area contributed by atoms with E-state index in [1.54, 1.807) is 17.7 Å². The van der Waals surface area contributed by atoms with Crippen LogP contribution in [0.3, 0.4) is 0 Å². The Hall–Kier alpha value is -1.02. The summed E-state index contributed by atoms with van der Waals surface area (Å²) in [5.41, 5.74) is 9.51. The number of halogens is 2. The van der Waals surface area contributed by atoms with E-state index in [0.29, 0.717) is 3.67 Å². The molecule has 0 aromatic heterocycles. The molecule has 2 aromatic carbocycles. The first-order valence-electron chi connectivity index (χ1n) is 12.5. The Bertz CT molecular complexity index is 1170. The first-order chi connectivity index (χ1) is 15.5. The minimum atomic E-state index is -2.42. The molecule has 0 unspecified atom stereocenters. The summed E-state index contributed by atoms with van der Waals surface area (Å²) < 4.78 is 4.22. The van der Waals surface area contributed by atoms with Gasteiger partial charge in [0.25, 0.3) is 0 Å². The van der Waals surface area contributed by atoms with Gasteiger partial charge in [-0.05, 0) is 0 Å². The van der Waals surface area contributed by atoms with E-state index in [0.717, 1.165) is 12.8 Å². The van der Waals surface area contributed by atoms with Crippen molar-refractivity contribution in [3.8, 4) is 11.1 Å². The van der Waals surface area contributed by atoms with Crippen molar-refractivity contribution in [1.29, 1.82) is 0 Å². The molecule has 0 spiro atoms. The van der Waals surface area contributed by atoms with Crippen LogP contribution in [0.25, 0.3) is 11.1 Å². The molecule has 0 bridgehead atoms. The fourth-order valence-corrected chi connectivity index (χ4v) is 18.5. The smallest absolute Gasteiger partial charge is 1.00 e. The zero-order valence-electron chi connectivity index (χ0n) is 22.4. The van der Waals surface area contributed by atoms with Crippen molar-refractivity contribution >= 4 is 6.58 Å². The van der Waals surface area contributed by atoms with Gasteiger partial charge in [0.2, 0.25) is 0 Å². The summed E-state index contributed by atoms with van der Waals surface area (Å²) in [6, 6.07) is 12.2. The summed E-state index contributed by atoms with van der Waals surface area (Å²) in [5.74, 6) is 0. The van der Waals surface area contributed by atoms with Gasteiger partial charge in [-0.15, -0.1) is 0 Å². The van der Waals surface area contributed by atoms with Gasteiger partial charge in [0, 0.05) is 0 Å². The number of allylic oxidation sites excluding steroid dienone is 5. The number of benzene rings is 2. The second-order valence-electron chi connectivity index (χ2n) is 11.9. The molecule has 0 saturated heterocycles. The molecule has 2 aromatic rings. The third-order valence-corrected chi connectivity index (χ3v) is 19.3. The Kier molecular flexibility index (Phi) is 9.99. The molecule has 0 fully saturated rings. The zero-order valence-corrected chi connectivity index (χ0v) is 27.5. The molecule has 35 heavy (non-hydrogen) atoms. The van der Waals surface area contributed by atoms with E-state index in [2.05, 4.69) is 116 Å². The molecular weight excluding hydrogens is 634 g/mol. The van der Waals surface area contributed by atoms with Gasteiger partial charge in [-0.2, -0.15) is 0 Å². The summed E-state index contributed by atoms with van der Waals surface area (Å²) >= 11 is -2.42. The Balaban J connectivity index is 0.00000216. The molecule has 0 heterocycles. The summed E-state index contributed by atoms with van der Waals surface area (Å²) in [6.07, 6.45) is 15.0. The van der Waals surface area contributed by atoms with Crippen molar-refractivity contribution in [2.45, 2.75) is 82.2 Å². The van der Waals surface area contributed by atoms with Crippen LogP contribution in [0.1, 0.15) is 83.6 Å². The molecule has 2 aliphatic rings. The van der Waals surface area contributed by atoms with Crippen molar-refractivity contribution in [3.63, 3.8) is 0 Å². The average Bonchev–Trinajstić information content (AvgIpc) is 3.38. The maximum Gasteiger partial charge on any atom is -1.00 e. The van der Waals surface area contributed by atoms with E-state index < -0.39 is 21.0 Å². The van der Waals surface area contributed by atoms with Crippen LogP contribution >= 0.6 is 0 Å². The number of hydrogen-bond acceptors (Lipinski definition) is 0. The normalized spacial score (nSPS) is 14.7. The molecule has 0 atom stereocenters. The van der Waals surface area contributed by atoms with Crippen LogP contribution in [-0.2, 0) is 38.2 Å². The molecule has 0 aliphatic heterocycles. The minimum absolute atomic E-state index is 0. The van der Waals surface area contributed by atoms with Crippen LogP contribution in [-0.4, -0.2) is 3.26 Å². The monoisotopic (exact) mass is 674 g/mol. The number of rotatable bonds is 5. The van der Waals surface area contributed by atoms with Gasteiger partial charge >= 0.3 is 210 Å². The Morgan fingerprint density at radius 3 is 2.14 bits per heavy atom. The second-order valence-corrected chi connectivity index (χ2v) is 22.1. The average molecular weight is 674 g/mol. The SMILES string of the molecule is C=CCC[C](C)=[Hf+2]([c]1c(C(C)(C)C)ccc2c1Cc1cc(C(C)(C)C)ccc1-2)[CH]1C=CC=C1.[Cl-].[Cl-]. The molecular formula is C32H40Cl2Hf. The van der Waals surface area contributed by atoms with Gasteiger partial charge in [-0.1, -0.05) is 0 Å². The largest absolute Gasteiger partial charge is 1.00 e. The molecule has 0 saturated carbocycles. The van der Waals surface area contributed by atoms with Crippen LogP contribution in [0, 0.1) is 0 Å². The minimum Gasteiger partial charge on any atom is -1.00 e. The Morgan fingerprint density at radius 2 is 1.57 bits per heavy atom. The van der Waals surface area contributed by atoms with Gasteiger partial charge in [0.05, 0.1) is 0 Å². The fourth-order valence-electron chi connectivity index (χ4n) is 5.42. The number of hydrogen-bond donors (Lipinski definition) is 0. The summed E-state index contributed by atoms with van der Waals surface area (Å²) in [4.78, 5) is 0. The van der Waals surface area contributed by atoms with Crippen molar-refractivity contribution in [2.75, 3.05) is 0 Å². The van der Waals surface area contributed by atoms with Crippen molar-refractivity contribution in [2.24, 2.45) is 0 Å². The second kappa shape index (κ2) is 11.6. The van der Waals surface area contributed by atoms with Crippen LogP contribution in [0.5, 0.6) is 0 Å². The van der Waals surface area contributed by atoms with Crippen LogP contribution in [0.2, 0.25) is 3.67 Å². The molecule has 4 rings (SSSR count). The standard InChI is InChI=1S/C21H25.C6H10.C5H5.2ClH.Hf/c1-20(2,3)16-7-9-18-14(12-16)11-15-13-17(21(4,5)6)8-10-19(15)18;1-3-5-6-4-2;1-2-4-5-3-1;;;/h7-10,12H,11H2,1-6H3;3H,1,5-6H2,2H3;1-5H;2*1H;/q;;;;;+2/p-2. The van der Waals surface area contributed by atoms with Crippen LogP contribution < -0.4 is 28.1 Å². The summed E-state index contributed by atoms with van der Waals surface area (Å²) in [7, 11) is 0. The first kappa shape index (κ1) is 30.2. The van der Waals surface area contributed by atoms with Crippen molar-refractivity contribution in [1.82, 2.24) is 0 Å². The predicted octanol–water partition coefficient (Wildman–Crippen LogP) is 2.18. The van der Waals surface area contributed by atoms with Crippen molar-refractivity contribution < 1.29 is 45.8 Å². The van der Waals surface area contributed by atoms with E-state index in [-0.39, 0.29) is 35.6 Å². The Morgan fingerprint density at radius 1 is 0.943 bits per heavy atom. The maximum absolute atomic E-state index is 4.01. The van der Waals surface area contributed by atoms with Crippen LogP contribution in [0.15, 0.2) is 67.3 Å². The number of fused-ring (bicyclic) bond motifs is 3. The van der Waals surface area contributed by atoms with Gasteiger partial charge in [0.1, 0.15) is 0 Å². The van der Waals surface area contributed by atoms with E-state index in [1.807, 2.05) is 0 Å². The third-order valence-electron chi connectivity index (χ3n) is 7.28. The summed E-state index contributed by atoms with van der Waals surface area (Å²) in [6.45, 7) is 20.7. The van der Waals surface area contributed by atoms with E-state index in [4.69, 9.17) is 0 Å². The Labute approximate surface area is 233 Å². The third kappa shape index (κ3) is 6.11. The van der Waals surface area contributed by atoms with Crippen LogP contribution in [0.4, 0.5) is 0 Å². The van der Waals surface area contributed by atoms with Gasteiger partial charge in [-0.25, -0.2) is 0 Å². The molecule has 0 radical (unpaired) electrons. The zero-order chi connectivity index (χ0) is 24.0. The van der Waals surface area contributed by atoms with Gasteiger partial charge < -0.3 is 24.8 Å². The molecule has 0 N–H and O–H groups in total. The van der Waals surface area contributed by atoms with Crippen molar-refractivity contribution in [3.05, 3.63) is 89.5 Å². The molecule has 3 heteroatoms. The first-order valence-corrected chi connectivity index (χ1v) is 18.1. The molecule has 0 amide bonds. The molecule has 186 valence electrons. The fraction of sp³-hybridized carbons (Fsp3) is 0.406.